The molecule has 3 aromatic carbocycles. The maximum absolute atomic E-state index is 13.7. The summed E-state index contributed by atoms with van der Waals surface area (Å²) in [6.07, 6.45) is 3.66. The lowest BCUT2D eigenvalue weighted by Crippen LogP contribution is -2.51. The molecule has 9 nitrogen and oxygen atoms in total. The fraction of sp³-hybridized carbons (Fsp3) is 0.333. The van der Waals surface area contributed by atoms with Crippen LogP contribution >= 0.6 is 0 Å². The van der Waals surface area contributed by atoms with E-state index in [2.05, 4.69) is 11.9 Å². The summed E-state index contributed by atoms with van der Waals surface area (Å²) in [4.78, 5) is 20.4. The predicted molar refractivity (Wildman–Crippen MR) is 169 cm³/mol. The molecule has 1 saturated heterocycles. The maximum atomic E-state index is 13.7. The van der Waals surface area contributed by atoms with Crippen LogP contribution in [0.5, 0.6) is 5.75 Å². The van der Waals surface area contributed by atoms with Gasteiger partial charge in [-0.15, -0.1) is 0 Å². The van der Waals surface area contributed by atoms with Crippen molar-refractivity contribution in [1.82, 2.24) is 9.21 Å². The topological polar surface area (TPSA) is 126 Å². The van der Waals surface area contributed by atoms with E-state index in [0.29, 0.717) is 43.3 Å². The molecular weight excluding hydrogens is 564 g/mol. The Balaban J connectivity index is 1.36. The second-order valence-electron chi connectivity index (χ2n) is 11.0. The van der Waals surface area contributed by atoms with E-state index in [1.54, 1.807) is 25.3 Å². The van der Waals surface area contributed by atoms with Crippen molar-refractivity contribution < 1.29 is 23.1 Å². The number of carbonyl (C=O) groups excluding carboxylic acids is 1. The van der Waals surface area contributed by atoms with E-state index in [9.17, 15) is 18.3 Å². The molecule has 0 radical (unpaired) electrons. The molecule has 0 aromatic heterocycles. The number of aliphatic hydroxyl groups is 1. The van der Waals surface area contributed by atoms with Crippen LogP contribution in [-0.4, -0.2) is 74.4 Å². The number of rotatable bonds is 11. The smallest absolute Gasteiger partial charge is 0.250 e. The molecule has 226 valence electrons. The van der Waals surface area contributed by atoms with Gasteiger partial charge in [-0.1, -0.05) is 43.3 Å². The van der Waals surface area contributed by atoms with Gasteiger partial charge in [0, 0.05) is 56.3 Å². The zero-order valence-electron chi connectivity index (χ0n) is 24.6. The second-order valence-corrected chi connectivity index (χ2v) is 12.9. The number of nitrogens with zero attached hydrogens (tertiary/aromatic N) is 3. The highest BCUT2D eigenvalue weighted by atomic mass is 32.2. The molecule has 0 spiro atoms. The molecule has 43 heavy (non-hydrogen) atoms. The highest BCUT2D eigenvalue weighted by Crippen LogP contribution is 2.34. The molecule has 0 unspecified atom stereocenters. The van der Waals surface area contributed by atoms with Crippen molar-refractivity contribution in [1.29, 1.82) is 0 Å². The minimum atomic E-state index is -3.65. The Morgan fingerprint density at radius 2 is 1.81 bits per heavy atom. The zero-order chi connectivity index (χ0) is 30.6. The summed E-state index contributed by atoms with van der Waals surface area (Å²) in [6.45, 7) is 3.88. The Morgan fingerprint density at radius 3 is 2.51 bits per heavy atom. The molecule has 1 amide bonds. The van der Waals surface area contributed by atoms with Gasteiger partial charge in [-0.3, -0.25) is 4.79 Å². The van der Waals surface area contributed by atoms with Crippen molar-refractivity contribution in [3.8, 4) is 16.9 Å². The van der Waals surface area contributed by atoms with Gasteiger partial charge in [0.1, 0.15) is 11.6 Å². The number of benzene rings is 3. The highest BCUT2D eigenvalue weighted by molar-refractivity contribution is 7.89. The molecule has 2 aliphatic heterocycles. The van der Waals surface area contributed by atoms with E-state index < -0.39 is 10.0 Å². The van der Waals surface area contributed by atoms with Gasteiger partial charge >= 0.3 is 0 Å². The molecule has 0 aliphatic carbocycles. The summed E-state index contributed by atoms with van der Waals surface area (Å²) in [6, 6.07) is 20.4. The Kier molecular flexibility index (Phi) is 9.29. The highest BCUT2D eigenvalue weighted by Gasteiger charge is 2.36. The molecule has 0 saturated carbocycles. The van der Waals surface area contributed by atoms with E-state index in [1.807, 2.05) is 59.5 Å². The molecule has 2 aliphatic rings. The van der Waals surface area contributed by atoms with Crippen LogP contribution in [-0.2, 0) is 21.2 Å². The van der Waals surface area contributed by atoms with Crippen LogP contribution in [0.3, 0.4) is 0 Å². The third-order valence-corrected chi connectivity index (χ3v) is 9.70. The fourth-order valence-electron chi connectivity index (χ4n) is 5.37. The Bertz CT molecular complexity index is 1640. The summed E-state index contributed by atoms with van der Waals surface area (Å²) in [5.41, 5.74) is 10.9. The summed E-state index contributed by atoms with van der Waals surface area (Å²) in [5.74, 6) is 1.07. The van der Waals surface area contributed by atoms with Gasteiger partial charge in [0.15, 0.2) is 0 Å². The first-order chi connectivity index (χ1) is 20.7. The van der Waals surface area contributed by atoms with Crippen LogP contribution < -0.4 is 10.5 Å². The van der Waals surface area contributed by atoms with E-state index in [-0.39, 0.29) is 29.7 Å². The number of sulfonamides is 1. The third kappa shape index (κ3) is 6.82. The zero-order valence-corrected chi connectivity index (χ0v) is 25.4. The molecular formula is C33H38N4O5S. The fourth-order valence-corrected chi connectivity index (χ4v) is 7.01. The summed E-state index contributed by atoms with van der Waals surface area (Å²) >= 11 is 0. The molecule has 1 fully saturated rings. The number of hydrogen-bond donors (Lipinski definition) is 2. The van der Waals surface area contributed by atoms with Crippen LogP contribution in [0, 0.1) is 5.92 Å². The lowest BCUT2D eigenvalue weighted by atomic mass is 10.0. The summed E-state index contributed by atoms with van der Waals surface area (Å²) in [7, 11) is -2.01. The number of carbonyl (C=O) groups is 1. The van der Waals surface area contributed by atoms with Crippen molar-refractivity contribution in [2.45, 2.75) is 31.1 Å². The molecule has 10 heteroatoms. The Hall–Kier alpha value is -3.99. The molecule has 5 rings (SSSR count). The van der Waals surface area contributed by atoms with Gasteiger partial charge < -0.3 is 20.5 Å². The molecule has 3 N–H and O–H groups in total. The SMILES string of the molecule is CCCN(CCc1ccc(OC)cc1)C(=O)C1=Cc2ccc(-c3cccc(S(=O)(=O)N4CC(CO)C4)c3)cc2N=C(N)C1. The van der Waals surface area contributed by atoms with Crippen molar-refractivity contribution in [2.75, 3.05) is 39.9 Å². The van der Waals surface area contributed by atoms with Gasteiger partial charge in [0.05, 0.1) is 17.7 Å². The second kappa shape index (κ2) is 13.1. The first kappa shape index (κ1) is 30.5. The van der Waals surface area contributed by atoms with Crippen molar-refractivity contribution >= 4 is 33.5 Å². The number of ether oxygens (including phenoxy) is 1. The quantitative estimate of drug-likeness (QED) is 0.338. The van der Waals surface area contributed by atoms with Crippen molar-refractivity contribution in [2.24, 2.45) is 16.6 Å². The maximum Gasteiger partial charge on any atom is 0.250 e. The largest absolute Gasteiger partial charge is 0.497 e. The van der Waals surface area contributed by atoms with Crippen molar-refractivity contribution in [3.63, 3.8) is 0 Å². The Labute approximate surface area is 253 Å². The van der Waals surface area contributed by atoms with Crippen LogP contribution in [0.1, 0.15) is 30.9 Å². The number of amidine groups is 1. The van der Waals surface area contributed by atoms with Gasteiger partial charge in [-0.25, -0.2) is 13.4 Å². The van der Waals surface area contributed by atoms with Gasteiger partial charge in [-0.05, 0) is 65.9 Å². The van der Waals surface area contributed by atoms with E-state index in [0.717, 1.165) is 40.8 Å². The molecule has 0 atom stereocenters. The summed E-state index contributed by atoms with van der Waals surface area (Å²) < 4.78 is 32.8. The van der Waals surface area contributed by atoms with Crippen LogP contribution in [0.2, 0.25) is 0 Å². The normalized spacial score (nSPS) is 15.5. The van der Waals surface area contributed by atoms with Crippen LogP contribution in [0.25, 0.3) is 17.2 Å². The number of aliphatic imine (C=N–C) groups is 1. The van der Waals surface area contributed by atoms with E-state index >= 15 is 0 Å². The van der Waals surface area contributed by atoms with Crippen molar-refractivity contribution in [3.05, 3.63) is 83.4 Å². The Morgan fingerprint density at radius 1 is 1.07 bits per heavy atom. The van der Waals surface area contributed by atoms with Gasteiger partial charge in [0.25, 0.3) is 0 Å². The number of aliphatic hydroxyl groups excluding tert-OH is 1. The monoisotopic (exact) mass is 602 g/mol. The number of amides is 1. The first-order valence-electron chi connectivity index (χ1n) is 14.5. The number of nitrogens with two attached hydrogens (primary N) is 1. The average molecular weight is 603 g/mol. The third-order valence-electron chi connectivity index (χ3n) is 7.87. The van der Waals surface area contributed by atoms with Gasteiger partial charge in [0.2, 0.25) is 15.9 Å². The molecule has 2 heterocycles. The molecule has 3 aromatic rings. The minimum absolute atomic E-state index is 0.0155. The van der Waals surface area contributed by atoms with Crippen LogP contribution in [0.15, 0.2) is 82.2 Å². The number of hydrogen-bond acceptors (Lipinski definition) is 7. The standard InChI is InChI=1S/C33H38N4O5S/c1-3-14-36(15-13-23-7-11-29(42-2)12-8-23)33(39)28-16-27-10-9-26(18-31(27)35-32(34)19-28)25-5-4-6-30(17-25)43(40,41)37-20-24(21-37)22-38/h4-12,16-18,24,38H,3,13-15,19-22H2,1-2H3,(H2,34,35). The van der Waals surface area contributed by atoms with Crippen LogP contribution in [0.4, 0.5) is 5.69 Å². The number of fused-ring (bicyclic) bond motifs is 1. The average Bonchev–Trinajstić information content (AvgIpc) is 3.16. The first-order valence-corrected chi connectivity index (χ1v) is 16.0. The lowest BCUT2D eigenvalue weighted by molar-refractivity contribution is -0.127. The number of methoxy groups -OCH3 is 1. The minimum Gasteiger partial charge on any atom is -0.497 e. The summed E-state index contributed by atoms with van der Waals surface area (Å²) in [5, 5.41) is 9.28. The van der Waals surface area contributed by atoms with Gasteiger partial charge in [-0.2, -0.15) is 4.31 Å². The van der Waals surface area contributed by atoms with E-state index in [1.165, 1.54) is 4.31 Å². The predicted octanol–water partition coefficient (Wildman–Crippen LogP) is 4.23. The molecule has 0 bridgehead atoms. The lowest BCUT2D eigenvalue weighted by Gasteiger charge is -2.36. The van der Waals surface area contributed by atoms with E-state index in [4.69, 9.17) is 10.5 Å².